The lowest BCUT2D eigenvalue weighted by molar-refractivity contribution is 0.128. The van der Waals surface area contributed by atoms with Crippen LogP contribution in [0.25, 0.3) is 0 Å². The van der Waals surface area contributed by atoms with Gasteiger partial charge in [0.25, 0.3) is 0 Å². The van der Waals surface area contributed by atoms with E-state index in [0.717, 1.165) is 0 Å². The van der Waals surface area contributed by atoms with E-state index in [1.165, 1.54) is 6.07 Å². The Morgan fingerprint density at radius 1 is 1.31 bits per heavy atom. The van der Waals surface area contributed by atoms with Gasteiger partial charge in [-0.2, -0.15) is 0 Å². The van der Waals surface area contributed by atoms with Crippen molar-refractivity contribution in [2.45, 2.75) is 18.9 Å². The van der Waals surface area contributed by atoms with Crippen LogP contribution in [0.5, 0.6) is 5.75 Å². The molecule has 0 radical (unpaired) electrons. The van der Waals surface area contributed by atoms with Crippen molar-refractivity contribution in [1.29, 1.82) is 0 Å². The van der Waals surface area contributed by atoms with Gasteiger partial charge in [0.1, 0.15) is 5.75 Å². The lowest BCUT2D eigenvalue weighted by Crippen LogP contribution is -2.13. The molecule has 0 aliphatic heterocycles. The normalized spacial score (nSPS) is 13.2. The second-order valence-corrected chi connectivity index (χ2v) is 2.79. The number of rotatable bonds is 3. The molecule has 0 aliphatic rings. The van der Waals surface area contributed by atoms with Crippen molar-refractivity contribution in [1.82, 2.24) is 0 Å². The first-order chi connectivity index (χ1) is 6.11. The van der Waals surface area contributed by atoms with Gasteiger partial charge in [-0.1, -0.05) is 18.2 Å². The molecule has 2 nitrogen and oxygen atoms in total. The highest BCUT2D eigenvalue weighted by Crippen LogP contribution is 2.25. The molecule has 0 saturated heterocycles. The zero-order chi connectivity index (χ0) is 9.84. The Labute approximate surface area is 75.0 Å². The molecule has 0 saturated carbocycles. The Balaban J connectivity index is 2.76. The summed E-state index contributed by atoms with van der Waals surface area (Å²) in [5.41, 5.74) is 5.82. The second-order valence-electron chi connectivity index (χ2n) is 2.79. The topological polar surface area (TPSA) is 46.2 Å². The Morgan fingerprint density at radius 3 is 2.46 bits per heavy atom. The van der Waals surface area contributed by atoms with E-state index in [9.17, 15) is 13.9 Å². The van der Waals surface area contributed by atoms with Gasteiger partial charge < -0.3 is 10.8 Å². The van der Waals surface area contributed by atoms with E-state index in [0.29, 0.717) is 5.56 Å². The number of phenols is 1. The minimum atomic E-state index is -2.45. The van der Waals surface area contributed by atoms with Crippen molar-refractivity contribution in [3.8, 4) is 5.75 Å². The van der Waals surface area contributed by atoms with Crippen molar-refractivity contribution >= 4 is 0 Å². The highest BCUT2D eigenvalue weighted by molar-refractivity contribution is 5.34. The summed E-state index contributed by atoms with van der Waals surface area (Å²) in [6.07, 6.45) is -2.88. The molecular weight excluding hydrogens is 176 g/mol. The van der Waals surface area contributed by atoms with E-state index >= 15 is 0 Å². The molecule has 13 heavy (non-hydrogen) atoms. The SMILES string of the molecule is N[C@H](CC(F)F)c1ccccc1O. The molecule has 1 aromatic rings. The van der Waals surface area contributed by atoms with Crippen LogP contribution < -0.4 is 5.73 Å². The molecule has 72 valence electrons. The monoisotopic (exact) mass is 187 g/mol. The second kappa shape index (κ2) is 4.18. The van der Waals surface area contributed by atoms with E-state index in [1.807, 2.05) is 0 Å². The summed E-state index contributed by atoms with van der Waals surface area (Å²) >= 11 is 0. The Bertz CT molecular complexity index is 278. The number of halogens is 2. The molecule has 0 aromatic heterocycles. The molecule has 1 atom stereocenters. The molecule has 1 aromatic carbocycles. The summed E-state index contributed by atoms with van der Waals surface area (Å²) in [5, 5.41) is 9.27. The van der Waals surface area contributed by atoms with Gasteiger partial charge in [-0.3, -0.25) is 0 Å². The average molecular weight is 187 g/mol. The van der Waals surface area contributed by atoms with Crippen molar-refractivity contribution in [2.24, 2.45) is 5.73 Å². The molecular formula is C9H11F2NO. The van der Waals surface area contributed by atoms with Crippen LogP contribution in [-0.2, 0) is 0 Å². The van der Waals surface area contributed by atoms with Crippen LogP contribution in [0.2, 0.25) is 0 Å². The summed E-state index contributed by atoms with van der Waals surface area (Å²) in [6.45, 7) is 0. The molecule has 0 spiro atoms. The summed E-state index contributed by atoms with van der Waals surface area (Å²) in [7, 11) is 0. The minimum Gasteiger partial charge on any atom is -0.508 e. The number of hydrogen-bond acceptors (Lipinski definition) is 2. The van der Waals surface area contributed by atoms with E-state index in [4.69, 9.17) is 5.73 Å². The number of aromatic hydroxyl groups is 1. The van der Waals surface area contributed by atoms with Crippen molar-refractivity contribution in [3.63, 3.8) is 0 Å². The molecule has 0 fully saturated rings. The van der Waals surface area contributed by atoms with Gasteiger partial charge >= 0.3 is 0 Å². The summed E-state index contributed by atoms with van der Waals surface area (Å²) < 4.78 is 23.9. The lowest BCUT2D eigenvalue weighted by Gasteiger charge is -2.12. The number of benzene rings is 1. The van der Waals surface area contributed by atoms with Crippen LogP contribution in [0.4, 0.5) is 8.78 Å². The van der Waals surface area contributed by atoms with Crippen molar-refractivity contribution in [2.75, 3.05) is 0 Å². The van der Waals surface area contributed by atoms with Crippen LogP contribution in [-0.4, -0.2) is 11.5 Å². The third kappa shape index (κ3) is 2.66. The fraction of sp³-hybridized carbons (Fsp3) is 0.333. The minimum absolute atomic E-state index is 0.0318. The van der Waals surface area contributed by atoms with Gasteiger partial charge in [0.05, 0.1) is 0 Å². The zero-order valence-electron chi connectivity index (χ0n) is 6.95. The quantitative estimate of drug-likeness (QED) is 0.760. The molecule has 0 amide bonds. The molecule has 1 rings (SSSR count). The highest BCUT2D eigenvalue weighted by atomic mass is 19.3. The lowest BCUT2D eigenvalue weighted by atomic mass is 10.0. The van der Waals surface area contributed by atoms with Crippen molar-refractivity contribution < 1.29 is 13.9 Å². The maximum atomic E-state index is 11.9. The zero-order valence-corrected chi connectivity index (χ0v) is 6.95. The summed E-state index contributed by atoms with van der Waals surface area (Å²) in [6, 6.07) is 5.44. The largest absolute Gasteiger partial charge is 0.508 e. The first kappa shape index (κ1) is 9.92. The van der Waals surface area contributed by atoms with Gasteiger partial charge in [0, 0.05) is 18.0 Å². The van der Waals surface area contributed by atoms with Gasteiger partial charge in [-0.25, -0.2) is 8.78 Å². The van der Waals surface area contributed by atoms with Crippen LogP contribution in [0.1, 0.15) is 18.0 Å². The number of alkyl halides is 2. The smallest absolute Gasteiger partial charge is 0.240 e. The predicted octanol–water partition coefficient (Wildman–Crippen LogP) is 2.05. The Hall–Kier alpha value is -1.16. The van der Waals surface area contributed by atoms with Crippen LogP contribution in [0, 0.1) is 0 Å². The van der Waals surface area contributed by atoms with Crippen LogP contribution in [0.15, 0.2) is 24.3 Å². The first-order valence-corrected chi connectivity index (χ1v) is 3.93. The predicted molar refractivity (Wildman–Crippen MR) is 45.7 cm³/mol. The standard InChI is InChI=1S/C9H11F2NO/c10-9(11)5-7(12)6-3-1-2-4-8(6)13/h1-4,7,9,13H,5,12H2/t7-/m1/s1. The maximum absolute atomic E-state index is 11.9. The average Bonchev–Trinajstić information content (AvgIpc) is 2.03. The van der Waals surface area contributed by atoms with E-state index in [-0.39, 0.29) is 5.75 Å². The van der Waals surface area contributed by atoms with Gasteiger partial charge in [0.2, 0.25) is 6.43 Å². The van der Waals surface area contributed by atoms with E-state index < -0.39 is 18.9 Å². The van der Waals surface area contributed by atoms with Crippen molar-refractivity contribution in [3.05, 3.63) is 29.8 Å². The third-order valence-electron chi connectivity index (χ3n) is 1.77. The molecule has 0 unspecified atom stereocenters. The number of nitrogens with two attached hydrogens (primary N) is 1. The van der Waals surface area contributed by atoms with Gasteiger partial charge in [0.15, 0.2) is 0 Å². The summed E-state index contributed by atoms with van der Waals surface area (Å²) in [5.74, 6) is -0.0318. The van der Waals surface area contributed by atoms with Gasteiger partial charge in [-0.15, -0.1) is 0 Å². The van der Waals surface area contributed by atoms with Gasteiger partial charge in [-0.05, 0) is 6.07 Å². The van der Waals surface area contributed by atoms with E-state index in [2.05, 4.69) is 0 Å². The van der Waals surface area contributed by atoms with Crippen LogP contribution in [0.3, 0.4) is 0 Å². The fourth-order valence-electron chi connectivity index (χ4n) is 1.12. The van der Waals surface area contributed by atoms with Crippen LogP contribution >= 0.6 is 0 Å². The highest BCUT2D eigenvalue weighted by Gasteiger charge is 2.15. The third-order valence-corrected chi connectivity index (χ3v) is 1.77. The fourth-order valence-corrected chi connectivity index (χ4v) is 1.12. The maximum Gasteiger partial charge on any atom is 0.240 e. The number of para-hydroxylation sites is 1. The molecule has 0 heterocycles. The molecule has 0 bridgehead atoms. The van der Waals surface area contributed by atoms with E-state index in [1.54, 1.807) is 18.2 Å². The molecule has 3 N–H and O–H groups in total. The first-order valence-electron chi connectivity index (χ1n) is 3.93. The Morgan fingerprint density at radius 2 is 1.92 bits per heavy atom. The molecule has 0 aliphatic carbocycles. The molecule has 4 heteroatoms. The number of phenolic OH excluding ortho intramolecular Hbond substituents is 1. The summed E-state index contributed by atoms with van der Waals surface area (Å²) in [4.78, 5) is 0. The number of hydrogen-bond donors (Lipinski definition) is 2. The Kier molecular flexibility index (Phi) is 3.19.